The van der Waals surface area contributed by atoms with Gasteiger partial charge in [-0.1, -0.05) is 0 Å². The number of aromatic nitrogens is 1. The molecule has 0 aromatic carbocycles. The second-order valence-electron chi connectivity index (χ2n) is 5.06. The van der Waals surface area contributed by atoms with E-state index >= 15 is 0 Å². The molecule has 2 aliphatic rings. The molecule has 102 valence electrons. The molecule has 0 spiro atoms. The molecule has 1 aromatic heterocycles. The molecule has 19 heavy (non-hydrogen) atoms. The molecule has 1 saturated heterocycles. The van der Waals surface area contributed by atoms with Crippen LogP contribution in [0.3, 0.4) is 0 Å². The number of hydrogen-bond donors (Lipinski definition) is 2. The highest BCUT2D eigenvalue weighted by Crippen LogP contribution is 2.48. The quantitative estimate of drug-likeness (QED) is 0.620. The maximum atomic E-state index is 11.3. The summed E-state index contributed by atoms with van der Waals surface area (Å²) in [5, 5.41) is 14.6. The van der Waals surface area contributed by atoms with E-state index in [0.717, 1.165) is 44.6 Å². The number of rotatable bonds is 3. The van der Waals surface area contributed by atoms with Crippen LogP contribution < -0.4 is 16.0 Å². The third-order valence-corrected chi connectivity index (χ3v) is 3.72. The normalized spacial score (nSPS) is 19.5. The van der Waals surface area contributed by atoms with E-state index in [1.807, 2.05) is 0 Å². The first-order chi connectivity index (χ1) is 9.18. The highest BCUT2D eigenvalue weighted by Gasteiger charge is 2.35. The van der Waals surface area contributed by atoms with Crippen LogP contribution in [-0.4, -0.2) is 36.1 Å². The number of nitrogen functional groups attached to an aromatic ring is 1. The van der Waals surface area contributed by atoms with Crippen LogP contribution in [0.2, 0.25) is 0 Å². The van der Waals surface area contributed by atoms with Crippen LogP contribution in [0.15, 0.2) is 6.20 Å². The summed E-state index contributed by atoms with van der Waals surface area (Å²) in [6.45, 7) is 3.21. The Hall–Kier alpha value is -1.89. The zero-order valence-electron chi connectivity index (χ0n) is 10.6. The minimum absolute atomic E-state index is 0.0166. The summed E-state index contributed by atoms with van der Waals surface area (Å²) < 4.78 is 0. The number of anilines is 2. The van der Waals surface area contributed by atoms with E-state index in [0.29, 0.717) is 11.6 Å². The molecule has 0 amide bonds. The number of nitrogens with zero attached hydrogens (tertiary/aromatic N) is 3. The molecule has 7 heteroatoms. The molecular weight excluding hydrogens is 246 g/mol. The Bertz CT molecular complexity index is 509. The van der Waals surface area contributed by atoms with E-state index in [9.17, 15) is 10.1 Å². The first-order valence-corrected chi connectivity index (χ1v) is 6.57. The first-order valence-electron chi connectivity index (χ1n) is 6.57. The van der Waals surface area contributed by atoms with Crippen LogP contribution in [0, 0.1) is 10.1 Å². The van der Waals surface area contributed by atoms with E-state index in [4.69, 9.17) is 5.73 Å². The third-order valence-electron chi connectivity index (χ3n) is 3.72. The molecule has 0 bridgehead atoms. The molecule has 0 unspecified atom stereocenters. The van der Waals surface area contributed by atoms with Crippen molar-refractivity contribution in [2.45, 2.75) is 18.8 Å². The standard InChI is InChI=1S/C12H17N5O2/c13-12-11(17(18)19)10(16-5-3-14-4-6-16)9(7-15-12)8-1-2-8/h7-8,14H,1-6H2,(H2,13,15). The van der Waals surface area contributed by atoms with Gasteiger partial charge < -0.3 is 16.0 Å². The lowest BCUT2D eigenvalue weighted by molar-refractivity contribution is -0.383. The summed E-state index contributed by atoms with van der Waals surface area (Å²) in [6, 6.07) is 0. The van der Waals surface area contributed by atoms with Crippen LogP contribution in [0.25, 0.3) is 0 Å². The van der Waals surface area contributed by atoms with Crippen molar-refractivity contribution in [2.75, 3.05) is 36.8 Å². The van der Waals surface area contributed by atoms with Crippen molar-refractivity contribution in [3.05, 3.63) is 21.9 Å². The monoisotopic (exact) mass is 263 g/mol. The second-order valence-corrected chi connectivity index (χ2v) is 5.06. The minimum atomic E-state index is -0.397. The fourth-order valence-electron chi connectivity index (χ4n) is 2.61. The van der Waals surface area contributed by atoms with Gasteiger partial charge in [-0.15, -0.1) is 0 Å². The topological polar surface area (TPSA) is 97.3 Å². The van der Waals surface area contributed by atoms with Crippen molar-refractivity contribution in [3.63, 3.8) is 0 Å². The summed E-state index contributed by atoms with van der Waals surface area (Å²) in [5.74, 6) is 0.430. The van der Waals surface area contributed by atoms with Crippen molar-refractivity contribution >= 4 is 17.2 Å². The predicted molar refractivity (Wildman–Crippen MR) is 72.4 cm³/mol. The molecular formula is C12H17N5O2. The number of nitrogens with one attached hydrogen (secondary N) is 1. The van der Waals surface area contributed by atoms with Gasteiger partial charge in [-0.3, -0.25) is 10.1 Å². The zero-order valence-corrected chi connectivity index (χ0v) is 10.6. The Balaban J connectivity index is 2.10. The average molecular weight is 263 g/mol. The molecule has 2 fully saturated rings. The average Bonchev–Trinajstić information content (AvgIpc) is 3.23. The molecule has 7 nitrogen and oxygen atoms in total. The SMILES string of the molecule is Nc1ncc(C2CC2)c(N2CCNCC2)c1[N+](=O)[O-]. The summed E-state index contributed by atoms with van der Waals surface area (Å²) in [4.78, 5) is 17.0. The molecule has 0 radical (unpaired) electrons. The van der Waals surface area contributed by atoms with Gasteiger partial charge in [0.05, 0.1) is 4.92 Å². The zero-order chi connectivity index (χ0) is 13.4. The fourth-order valence-corrected chi connectivity index (χ4v) is 2.61. The van der Waals surface area contributed by atoms with Crippen molar-refractivity contribution in [3.8, 4) is 0 Å². The van der Waals surface area contributed by atoms with Gasteiger partial charge >= 0.3 is 5.69 Å². The maximum Gasteiger partial charge on any atom is 0.334 e. The van der Waals surface area contributed by atoms with Crippen molar-refractivity contribution in [1.29, 1.82) is 0 Å². The van der Waals surface area contributed by atoms with E-state index in [2.05, 4.69) is 15.2 Å². The highest BCUT2D eigenvalue weighted by molar-refractivity contribution is 5.76. The van der Waals surface area contributed by atoms with Crippen LogP contribution in [0.5, 0.6) is 0 Å². The van der Waals surface area contributed by atoms with E-state index < -0.39 is 4.92 Å². The van der Waals surface area contributed by atoms with E-state index in [1.165, 1.54) is 0 Å². The molecule has 1 saturated carbocycles. The molecule has 1 aromatic rings. The molecule has 3 rings (SSSR count). The largest absolute Gasteiger partial charge is 0.378 e. The van der Waals surface area contributed by atoms with Gasteiger partial charge in [0.15, 0.2) is 0 Å². The second kappa shape index (κ2) is 4.65. The number of pyridine rings is 1. The Morgan fingerprint density at radius 3 is 2.68 bits per heavy atom. The fraction of sp³-hybridized carbons (Fsp3) is 0.583. The number of nitro groups is 1. The lowest BCUT2D eigenvalue weighted by Gasteiger charge is -2.30. The van der Waals surface area contributed by atoms with Gasteiger partial charge in [0.1, 0.15) is 5.69 Å². The van der Waals surface area contributed by atoms with Gasteiger partial charge in [-0.2, -0.15) is 0 Å². The molecule has 2 heterocycles. The highest BCUT2D eigenvalue weighted by atomic mass is 16.6. The smallest absolute Gasteiger partial charge is 0.334 e. The van der Waals surface area contributed by atoms with Crippen LogP contribution in [0.1, 0.15) is 24.3 Å². The minimum Gasteiger partial charge on any atom is -0.378 e. The maximum absolute atomic E-state index is 11.3. The van der Waals surface area contributed by atoms with E-state index in [-0.39, 0.29) is 11.5 Å². The Morgan fingerprint density at radius 2 is 2.11 bits per heavy atom. The predicted octanol–water partition coefficient (Wildman–Crippen LogP) is 0.859. The molecule has 1 aliphatic carbocycles. The lowest BCUT2D eigenvalue weighted by Crippen LogP contribution is -2.44. The number of hydrogen-bond acceptors (Lipinski definition) is 6. The Morgan fingerprint density at radius 1 is 1.42 bits per heavy atom. The Labute approximate surface area is 110 Å². The summed E-state index contributed by atoms with van der Waals surface area (Å²) in [6.07, 6.45) is 3.89. The van der Waals surface area contributed by atoms with Crippen molar-refractivity contribution in [1.82, 2.24) is 10.3 Å². The van der Waals surface area contributed by atoms with Gasteiger partial charge in [-0.05, 0) is 18.8 Å². The van der Waals surface area contributed by atoms with Crippen molar-refractivity contribution in [2.24, 2.45) is 0 Å². The van der Waals surface area contributed by atoms with Gasteiger partial charge in [0, 0.05) is 37.9 Å². The third kappa shape index (κ3) is 2.21. The Kier molecular flexibility index (Phi) is 2.98. The summed E-state index contributed by atoms with van der Waals surface area (Å²) >= 11 is 0. The summed E-state index contributed by atoms with van der Waals surface area (Å²) in [5.41, 5.74) is 7.39. The lowest BCUT2D eigenvalue weighted by atomic mass is 10.1. The number of piperazine rings is 1. The van der Waals surface area contributed by atoms with Crippen LogP contribution in [0.4, 0.5) is 17.2 Å². The van der Waals surface area contributed by atoms with Gasteiger partial charge in [0.2, 0.25) is 5.82 Å². The van der Waals surface area contributed by atoms with E-state index in [1.54, 1.807) is 6.20 Å². The molecule has 1 aliphatic heterocycles. The van der Waals surface area contributed by atoms with Crippen LogP contribution >= 0.6 is 0 Å². The number of nitrogens with two attached hydrogens (primary N) is 1. The van der Waals surface area contributed by atoms with Crippen molar-refractivity contribution < 1.29 is 4.92 Å². The summed E-state index contributed by atoms with van der Waals surface area (Å²) in [7, 11) is 0. The first kappa shape index (κ1) is 12.2. The van der Waals surface area contributed by atoms with Gasteiger partial charge in [0.25, 0.3) is 0 Å². The van der Waals surface area contributed by atoms with Gasteiger partial charge in [-0.25, -0.2) is 4.98 Å². The molecule has 3 N–H and O–H groups in total. The van der Waals surface area contributed by atoms with Crippen LogP contribution in [-0.2, 0) is 0 Å². The molecule has 0 atom stereocenters.